The normalized spacial score (nSPS) is 12.5. The third-order valence-electron chi connectivity index (χ3n) is 3.56. The van der Waals surface area contributed by atoms with Crippen molar-refractivity contribution < 1.29 is 4.52 Å². The van der Waals surface area contributed by atoms with Gasteiger partial charge in [0.25, 0.3) is 0 Å². The molecule has 0 aliphatic heterocycles. The van der Waals surface area contributed by atoms with Crippen LogP contribution in [0, 0.1) is 6.92 Å². The first-order valence-electron chi connectivity index (χ1n) is 7.85. The number of hydrogen-bond donors (Lipinski definition) is 1. The van der Waals surface area contributed by atoms with Crippen LogP contribution in [-0.2, 0) is 6.42 Å². The van der Waals surface area contributed by atoms with Crippen LogP contribution in [0.25, 0.3) is 11.4 Å². The van der Waals surface area contributed by atoms with Crippen molar-refractivity contribution in [2.45, 2.75) is 44.0 Å². The van der Waals surface area contributed by atoms with Crippen LogP contribution in [0.5, 0.6) is 0 Å². The van der Waals surface area contributed by atoms with Crippen LogP contribution >= 0.6 is 11.8 Å². The number of nitrogens with zero attached hydrogens (tertiary/aromatic N) is 5. The van der Waals surface area contributed by atoms with Gasteiger partial charge < -0.3 is 10.4 Å². The predicted molar refractivity (Wildman–Crippen MR) is 92.9 cm³/mol. The molecular formula is C16H20N6OS. The molecule has 0 radical (unpaired) electrons. The lowest BCUT2D eigenvalue weighted by Crippen LogP contribution is -2.12. The minimum absolute atomic E-state index is 0.0551. The van der Waals surface area contributed by atoms with E-state index in [1.165, 1.54) is 22.0 Å². The van der Waals surface area contributed by atoms with Crippen LogP contribution in [-0.4, -0.2) is 25.0 Å². The summed E-state index contributed by atoms with van der Waals surface area (Å²) < 4.78 is 6.81. The number of nitrogen functional groups attached to an aromatic ring is 1. The maximum atomic E-state index is 6.16. The molecule has 3 aromatic rings. The highest BCUT2D eigenvalue weighted by Crippen LogP contribution is 2.33. The lowest BCUT2D eigenvalue weighted by Gasteiger charge is -2.06. The molecule has 7 nitrogen and oxygen atoms in total. The van der Waals surface area contributed by atoms with Crippen molar-refractivity contribution in [3.63, 3.8) is 0 Å². The molecule has 0 amide bonds. The van der Waals surface area contributed by atoms with Gasteiger partial charge in [-0.1, -0.05) is 53.7 Å². The van der Waals surface area contributed by atoms with E-state index in [9.17, 15) is 0 Å². The number of benzene rings is 1. The second-order valence-electron chi connectivity index (χ2n) is 5.60. The Labute approximate surface area is 144 Å². The van der Waals surface area contributed by atoms with Gasteiger partial charge in [0, 0.05) is 12.0 Å². The maximum absolute atomic E-state index is 6.16. The van der Waals surface area contributed by atoms with Crippen molar-refractivity contribution in [1.82, 2.24) is 25.0 Å². The fourth-order valence-electron chi connectivity index (χ4n) is 2.22. The van der Waals surface area contributed by atoms with Crippen molar-refractivity contribution in [2.75, 3.05) is 5.84 Å². The first kappa shape index (κ1) is 16.5. The van der Waals surface area contributed by atoms with E-state index in [-0.39, 0.29) is 5.25 Å². The minimum Gasteiger partial charge on any atom is -0.338 e. The van der Waals surface area contributed by atoms with Gasteiger partial charge in [0.2, 0.25) is 11.0 Å². The molecule has 2 N–H and O–H groups in total. The Bertz CT molecular complexity index is 810. The number of aromatic nitrogens is 5. The fraction of sp³-hybridized carbons (Fsp3) is 0.375. The lowest BCUT2D eigenvalue weighted by atomic mass is 10.1. The highest BCUT2D eigenvalue weighted by atomic mass is 32.2. The van der Waals surface area contributed by atoms with E-state index in [4.69, 9.17) is 10.4 Å². The Morgan fingerprint density at radius 2 is 2.00 bits per heavy atom. The van der Waals surface area contributed by atoms with E-state index in [1.54, 1.807) is 0 Å². The van der Waals surface area contributed by atoms with Gasteiger partial charge in [0.15, 0.2) is 11.6 Å². The molecule has 1 aromatic carbocycles. The Hall–Kier alpha value is -2.35. The molecular weight excluding hydrogens is 324 g/mol. The number of thioether (sulfide) groups is 1. The van der Waals surface area contributed by atoms with Gasteiger partial charge in [-0.15, -0.1) is 10.2 Å². The van der Waals surface area contributed by atoms with Gasteiger partial charge in [0.05, 0.1) is 5.25 Å². The summed E-state index contributed by atoms with van der Waals surface area (Å²) in [5, 5.41) is 12.9. The number of nitrogens with two attached hydrogens (primary N) is 1. The van der Waals surface area contributed by atoms with Gasteiger partial charge >= 0.3 is 0 Å². The van der Waals surface area contributed by atoms with Gasteiger partial charge in [-0.25, -0.2) is 4.68 Å². The number of rotatable bonds is 6. The molecule has 24 heavy (non-hydrogen) atoms. The summed E-state index contributed by atoms with van der Waals surface area (Å²) in [5.41, 5.74) is 2.11. The minimum atomic E-state index is -0.0551. The molecule has 1 unspecified atom stereocenters. The highest BCUT2D eigenvalue weighted by molar-refractivity contribution is 7.99. The van der Waals surface area contributed by atoms with Crippen LogP contribution in [0.15, 0.2) is 33.9 Å². The Kier molecular flexibility index (Phi) is 4.84. The van der Waals surface area contributed by atoms with Crippen molar-refractivity contribution >= 4 is 11.8 Å². The topological polar surface area (TPSA) is 95.7 Å². The predicted octanol–water partition coefficient (Wildman–Crippen LogP) is 3.16. The summed E-state index contributed by atoms with van der Waals surface area (Å²) >= 11 is 1.44. The second kappa shape index (κ2) is 7.04. The van der Waals surface area contributed by atoms with Crippen molar-refractivity contribution in [3.05, 3.63) is 41.5 Å². The second-order valence-corrected chi connectivity index (χ2v) is 6.91. The third kappa shape index (κ3) is 3.43. The summed E-state index contributed by atoms with van der Waals surface area (Å²) in [7, 11) is 0. The van der Waals surface area contributed by atoms with Crippen LogP contribution in [0.2, 0.25) is 0 Å². The molecule has 0 bridgehead atoms. The van der Waals surface area contributed by atoms with Crippen LogP contribution in [0.1, 0.15) is 42.8 Å². The SMILES string of the molecule is CCCc1noc(C(C)Sc2nnc(-c3ccc(C)cc3)n2N)n1. The quantitative estimate of drug-likeness (QED) is 0.542. The zero-order valence-electron chi connectivity index (χ0n) is 13.9. The third-order valence-corrected chi connectivity index (χ3v) is 4.61. The number of aryl methyl sites for hydroxylation is 2. The van der Waals surface area contributed by atoms with Crippen LogP contribution in [0.4, 0.5) is 0 Å². The van der Waals surface area contributed by atoms with Crippen molar-refractivity contribution in [3.8, 4) is 11.4 Å². The average molecular weight is 344 g/mol. The average Bonchev–Trinajstić information content (AvgIpc) is 3.17. The van der Waals surface area contributed by atoms with E-state index < -0.39 is 0 Å². The molecule has 1 atom stereocenters. The van der Waals surface area contributed by atoms with Gasteiger partial charge in [-0.2, -0.15) is 4.98 Å². The van der Waals surface area contributed by atoms with Gasteiger partial charge in [0.1, 0.15) is 0 Å². The van der Waals surface area contributed by atoms with Crippen LogP contribution in [0.3, 0.4) is 0 Å². The summed E-state index contributed by atoms with van der Waals surface area (Å²) in [5.74, 6) is 8.09. The Balaban J connectivity index is 1.76. The largest absolute Gasteiger partial charge is 0.338 e. The molecule has 0 spiro atoms. The zero-order chi connectivity index (χ0) is 17.1. The summed E-state index contributed by atoms with van der Waals surface area (Å²) in [6.07, 6.45) is 1.79. The maximum Gasteiger partial charge on any atom is 0.239 e. The molecule has 2 heterocycles. The number of hydrogen-bond acceptors (Lipinski definition) is 7. The summed E-state index contributed by atoms with van der Waals surface area (Å²) in [6.45, 7) is 6.10. The van der Waals surface area contributed by atoms with E-state index in [2.05, 4.69) is 27.3 Å². The molecule has 0 fully saturated rings. The van der Waals surface area contributed by atoms with E-state index >= 15 is 0 Å². The van der Waals surface area contributed by atoms with E-state index in [0.717, 1.165) is 24.2 Å². The standard InChI is InChI=1S/C16H20N6OS/c1-4-5-13-18-15(23-21-13)11(3)24-16-20-19-14(22(16)17)12-8-6-10(2)7-9-12/h6-9,11H,4-5,17H2,1-3H3. The first-order chi connectivity index (χ1) is 11.6. The smallest absolute Gasteiger partial charge is 0.239 e. The van der Waals surface area contributed by atoms with Gasteiger partial charge in [-0.05, 0) is 20.3 Å². The van der Waals surface area contributed by atoms with E-state index in [0.29, 0.717) is 16.9 Å². The molecule has 0 saturated heterocycles. The Morgan fingerprint density at radius 1 is 1.25 bits per heavy atom. The monoisotopic (exact) mass is 344 g/mol. The lowest BCUT2D eigenvalue weighted by molar-refractivity contribution is 0.374. The zero-order valence-corrected chi connectivity index (χ0v) is 14.7. The molecule has 8 heteroatoms. The molecule has 0 aliphatic carbocycles. The van der Waals surface area contributed by atoms with Gasteiger partial charge in [-0.3, -0.25) is 0 Å². The fourth-order valence-corrected chi connectivity index (χ4v) is 3.02. The molecule has 0 aliphatic rings. The summed E-state index contributed by atoms with van der Waals surface area (Å²) in [6, 6.07) is 8.01. The molecule has 0 saturated carbocycles. The Morgan fingerprint density at radius 3 is 2.71 bits per heavy atom. The van der Waals surface area contributed by atoms with E-state index in [1.807, 2.05) is 38.1 Å². The van der Waals surface area contributed by atoms with Crippen LogP contribution < -0.4 is 5.84 Å². The first-order valence-corrected chi connectivity index (χ1v) is 8.73. The molecule has 3 rings (SSSR count). The van der Waals surface area contributed by atoms with Crippen molar-refractivity contribution in [1.29, 1.82) is 0 Å². The molecule has 126 valence electrons. The summed E-state index contributed by atoms with van der Waals surface area (Å²) in [4.78, 5) is 4.40. The van der Waals surface area contributed by atoms with Crippen molar-refractivity contribution in [2.24, 2.45) is 0 Å². The highest BCUT2D eigenvalue weighted by Gasteiger charge is 2.20. The molecule has 2 aromatic heterocycles.